The van der Waals surface area contributed by atoms with Gasteiger partial charge in [0.05, 0.1) is 36.3 Å². The van der Waals surface area contributed by atoms with E-state index in [1.165, 1.54) is 43.4 Å². The smallest absolute Gasteiger partial charge is 0.323 e. The lowest BCUT2D eigenvalue weighted by Gasteiger charge is -2.27. The van der Waals surface area contributed by atoms with Gasteiger partial charge in [-0.05, 0) is 43.3 Å². The second kappa shape index (κ2) is 11.4. The van der Waals surface area contributed by atoms with Crippen LogP contribution >= 0.6 is 0 Å². The van der Waals surface area contributed by atoms with Gasteiger partial charge in [0, 0.05) is 36.6 Å². The van der Waals surface area contributed by atoms with Gasteiger partial charge in [-0.2, -0.15) is 0 Å². The van der Waals surface area contributed by atoms with E-state index in [-0.39, 0.29) is 17.3 Å². The summed E-state index contributed by atoms with van der Waals surface area (Å²) in [7, 11) is 0. The van der Waals surface area contributed by atoms with Crippen LogP contribution in [0.3, 0.4) is 0 Å². The third kappa shape index (κ3) is 6.63. The molecule has 1 aromatic heterocycles. The van der Waals surface area contributed by atoms with Gasteiger partial charge in [-0.25, -0.2) is 18.6 Å². The van der Waals surface area contributed by atoms with Crippen LogP contribution in [0.25, 0.3) is 11.0 Å². The Kier molecular flexibility index (Phi) is 7.86. The number of aromatic nitrogens is 2. The molecule has 1 aliphatic rings. The Morgan fingerprint density at radius 2 is 2.00 bits per heavy atom. The van der Waals surface area contributed by atoms with E-state index in [4.69, 9.17) is 9.47 Å². The van der Waals surface area contributed by atoms with E-state index in [1.54, 1.807) is 24.4 Å². The molecule has 0 radical (unpaired) electrons. The molecule has 2 aromatic carbocycles. The number of morpholine rings is 1. The van der Waals surface area contributed by atoms with Gasteiger partial charge >= 0.3 is 6.03 Å². The normalized spacial score (nSPS) is 14.2. The predicted molar refractivity (Wildman–Crippen MR) is 134 cm³/mol. The van der Waals surface area contributed by atoms with Crippen LogP contribution in [0.1, 0.15) is 6.92 Å². The van der Waals surface area contributed by atoms with Crippen LogP contribution in [0.4, 0.5) is 25.1 Å². The molecule has 0 bridgehead atoms. The summed E-state index contributed by atoms with van der Waals surface area (Å²) < 4.78 is 38.3. The average Bonchev–Trinajstić information content (AvgIpc) is 2.86. The zero-order valence-electron chi connectivity index (χ0n) is 19.6. The van der Waals surface area contributed by atoms with Crippen molar-refractivity contribution in [3.63, 3.8) is 0 Å². The van der Waals surface area contributed by atoms with E-state index in [0.717, 1.165) is 18.9 Å². The number of carbonyl (C=O) groups excluding carboxylic acids is 1. The number of nitrogens with zero attached hydrogens (tertiary/aromatic N) is 3. The van der Waals surface area contributed by atoms with Crippen molar-refractivity contribution in [3.05, 3.63) is 84.7 Å². The number of benzene rings is 2. The molecule has 2 amide bonds. The molecule has 186 valence electrons. The largest absolute Gasteiger partial charge is 0.454 e. The number of urea groups is 1. The maximum Gasteiger partial charge on any atom is 0.323 e. The summed E-state index contributed by atoms with van der Waals surface area (Å²) in [4.78, 5) is 23.4. The third-order valence-electron chi connectivity index (χ3n) is 5.15. The summed E-state index contributed by atoms with van der Waals surface area (Å²) in [6, 6.07) is 8.45. The van der Waals surface area contributed by atoms with Crippen molar-refractivity contribution in [1.29, 1.82) is 0 Å². The van der Waals surface area contributed by atoms with Crippen LogP contribution in [0.15, 0.2) is 78.9 Å². The molecule has 4 rings (SSSR count). The summed E-state index contributed by atoms with van der Waals surface area (Å²) in [5.41, 5.74) is 1.83. The quantitative estimate of drug-likeness (QED) is 0.425. The molecule has 0 unspecified atom stereocenters. The molecule has 10 heteroatoms. The number of ether oxygens (including phenoxy) is 2. The Hall–Kier alpha value is -4.31. The summed E-state index contributed by atoms with van der Waals surface area (Å²) >= 11 is 0. The fraction of sp³-hybridized carbons (Fsp3) is 0.192. The molecule has 1 saturated heterocycles. The Balaban J connectivity index is 1.45. The Bertz CT molecular complexity index is 1330. The molecule has 2 N–H and O–H groups in total. The standard InChI is InChI=1S/C26H25F2N5O3/c1-17(27)4-3-5-18(2)30-26(34)31-19-6-8-21(28)24(14-19)36-20-7-9-22-23(15-20)32-25(16-29-22)33-10-12-35-13-11-33/h3-9,14-16H,2,10-13H2,1H3,(H2,30,31,34)/b5-3-,17-4+. The number of amides is 2. The highest BCUT2D eigenvalue weighted by atomic mass is 19.1. The van der Waals surface area contributed by atoms with Crippen molar-refractivity contribution in [2.24, 2.45) is 0 Å². The monoisotopic (exact) mass is 493 g/mol. The fourth-order valence-corrected chi connectivity index (χ4v) is 3.42. The Labute approximate surface area is 206 Å². The number of hydrogen-bond acceptors (Lipinski definition) is 6. The SMILES string of the molecule is C=C(/C=C\C=C(/C)F)NC(=O)Nc1ccc(F)c(Oc2ccc3ncc(N4CCOCC4)nc3c2)c1. The molecule has 36 heavy (non-hydrogen) atoms. The first-order chi connectivity index (χ1) is 17.4. The number of hydrogen-bond donors (Lipinski definition) is 2. The molecule has 3 aromatic rings. The van der Waals surface area contributed by atoms with E-state index in [2.05, 4.69) is 32.1 Å². The lowest BCUT2D eigenvalue weighted by atomic mass is 10.2. The van der Waals surface area contributed by atoms with E-state index in [0.29, 0.717) is 35.7 Å². The number of rotatable bonds is 7. The fourth-order valence-electron chi connectivity index (χ4n) is 3.42. The molecule has 0 saturated carbocycles. The van der Waals surface area contributed by atoms with E-state index < -0.39 is 11.8 Å². The first-order valence-electron chi connectivity index (χ1n) is 11.2. The maximum atomic E-state index is 14.5. The predicted octanol–water partition coefficient (Wildman–Crippen LogP) is 5.46. The Morgan fingerprint density at radius 1 is 1.19 bits per heavy atom. The van der Waals surface area contributed by atoms with Crippen molar-refractivity contribution < 1.29 is 23.0 Å². The molecule has 8 nitrogen and oxygen atoms in total. The lowest BCUT2D eigenvalue weighted by Crippen LogP contribution is -2.36. The second-order valence-corrected chi connectivity index (χ2v) is 7.94. The van der Waals surface area contributed by atoms with Gasteiger partial charge in [0.25, 0.3) is 0 Å². The molecule has 1 aliphatic heterocycles. The van der Waals surface area contributed by atoms with Crippen molar-refractivity contribution in [3.8, 4) is 11.5 Å². The first-order valence-corrected chi connectivity index (χ1v) is 11.2. The molecule has 0 spiro atoms. The van der Waals surface area contributed by atoms with Crippen LogP contribution in [0.2, 0.25) is 0 Å². The highest BCUT2D eigenvalue weighted by molar-refractivity contribution is 5.90. The molecule has 0 aliphatic carbocycles. The number of carbonyl (C=O) groups is 1. The second-order valence-electron chi connectivity index (χ2n) is 7.94. The number of anilines is 2. The van der Waals surface area contributed by atoms with Crippen LogP contribution in [0, 0.1) is 5.82 Å². The van der Waals surface area contributed by atoms with Crippen LogP contribution in [-0.2, 0) is 4.74 Å². The van der Waals surface area contributed by atoms with E-state index in [9.17, 15) is 13.6 Å². The first kappa shape index (κ1) is 24.8. The minimum Gasteiger partial charge on any atom is -0.454 e. The van der Waals surface area contributed by atoms with Crippen molar-refractivity contribution >= 4 is 28.6 Å². The van der Waals surface area contributed by atoms with Gasteiger partial charge in [-0.3, -0.25) is 4.98 Å². The van der Waals surface area contributed by atoms with Gasteiger partial charge in [0.2, 0.25) is 0 Å². The zero-order valence-corrected chi connectivity index (χ0v) is 19.6. The van der Waals surface area contributed by atoms with Gasteiger partial charge in [0.1, 0.15) is 11.6 Å². The van der Waals surface area contributed by atoms with E-state index in [1.807, 2.05) is 0 Å². The number of fused-ring (bicyclic) bond motifs is 1. The minimum absolute atomic E-state index is 0.0771. The number of allylic oxidation sites excluding steroid dienone is 4. The third-order valence-corrected chi connectivity index (χ3v) is 5.15. The number of nitrogens with one attached hydrogen (secondary N) is 2. The van der Waals surface area contributed by atoms with Crippen molar-refractivity contribution in [2.45, 2.75) is 6.92 Å². The summed E-state index contributed by atoms with van der Waals surface area (Å²) in [6.45, 7) is 7.69. The van der Waals surface area contributed by atoms with Crippen LogP contribution in [0.5, 0.6) is 11.5 Å². The summed E-state index contributed by atoms with van der Waals surface area (Å²) in [5.74, 6) is 0.0461. The highest BCUT2D eigenvalue weighted by Crippen LogP contribution is 2.29. The summed E-state index contributed by atoms with van der Waals surface area (Å²) in [6.07, 6.45) is 5.81. The van der Waals surface area contributed by atoms with Crippen LogP contribution < -0.4 is 20.3 Å². The molecule has 0 atom stereocenters. The average molecular weight is 494 g/mol. The van der Waals surface area contributed by atoms with E-state index >= 15 is 0 Å². The van der Waals surface area contributed by atoms with Gasteiger partial charge < -0.3 is 25.0 Å². The van der Waals surface area contributed by atoms with Gasteiger partial charge in [0.15, 0.2) is 11.6 Å². The van der Waals surface area contributed by atoms with Crippen molar-refractivity contribution in [2.75, 3.05) is 36.5 Å². The van der Waals surface area contributed by atoms with Crippen molar-refractivity contribution in [1.82, 2.24) is 15.3 Å². The zero-order chi connectivity index (χ0) is 25.5. The summed E-state index contributed by atoms with van der Waals surface area (Å²) in [5, 5.41) is 5.07. The minimum atomic E-state index is -0.602. The molecular weight excluding hydrogens is 468 g/mol. The van der Waals surface area contributed by atoms with Gasteiger partial charge in [-0.15, -0.1) is 0 Å². The molecule has 2 heterocycles. The van der Waals surface area contributed by atoms with Crippen LogP contribution in [-0.4, -0.2) is 42.3 Å². The maximum absolute atomic E-state index is 14.5. The molecule has 1 fully saturated rings. The highest BCUT2D eigenvalue weighted by Gasteiger charge is 2.14. The van der Waals surface area contributed by atoms with Gasteiger partial charge in [-0.1, -0.05) is 12.7 Å². The Morgan fingerprint density at radius 3 is 2.78 bits per heavy atom. The number of halogens is 2. The topological polar surface area (TPSA) is 88.6 Å². The molecular formula is C26H25F2N5O3. The lowest BCUT2D eigenvalue weighted by molar-refractivity contribution is 0.122.